The average molecular weight is 541 g/mol. The number of nitrogens with zero attached hydrogens (tertiary/aromatic N) is 3. The number of hydrogen-bond acceptors (Lipinski definition) is 1. The molecule has 0 fully saturated rings. The summed E-state index contributed by atoms with van der Waals surface area (Å²) in [7, 11) is 0. The lowest BCUT2D eigenvalue weighted by Crippen LogP contribution is -2.00. The molecule has 42 heavy (non-hydrogen) atoms. The Balaban J connectivity index is 1.36. The maximum Gasteiger partial charge on any atom is 0.220 e. The van der Waals surface area contributed by atoms with Crippen LogP contribution < -0.4 is 0 Å². The van der Waals surface area contributed by atoms with Crippen LogP contribution in [0.15, 0.2) is 133 Å². The summed E-state index contributed by atoms with van der Waals surface area (Å²) in [5.74, 6) is 0.758. The SMILES string of the molecule is [2H]C([2H])([2H])Cc1cccc2c1nc1n(-c3ccc4c(c3)-c3ccccc3-c3ccccc3-c3ccccc3-4)c3ccccc3n21. The van der Waals surface area contributed by atoms with Crippen LogP contribution in [0.4, 0.5) is 0 Å². The van der Waals surface area contributed by atoms with E-state index in [1.54, 1.807) is 0 Å². The van der Waals surface area contributed by atoms with E-state index < -0.39 is 6.85 Å². The molecular weight excluding hydrogens is 510 g/mol. The standard InChI is InChI=1S/C39H27N3/c1-2-25-12-11-21-37-38(25)40-39-41(35-19-9-10-20-36(35)42(37)39)26-22-23-33-31-17-6-5-15-29(31)27-13-3-4-14-28(27)30-16-7-8-18-32(30)34(33)24-26/h3-24H,2H2,1H3/i1D3. The van der Waals surface area contributed by atoms with Crippen LogP contribution in [-0.4, -0.2) is 14.0 Å². The lowest BCUT2D eigenvalue weighted by Gasteiger charge is -2.23. The van der Waals surface area contributed by atoms with Crippen LogP contribution in [0.2, 0.25) is 0 Å². The van der Waals surface area contributed by atoms with E-state index in [-0.39, 0.29) is 6.42 Å². The summed E-state index contributed by atoms with van der Waals surface area (Å²) in [6, 6.07) is 46.9. The summed E-state index contributed by atoms with van der Waals surface area (Å²) >= 11 is 0. The van der Waals surface area contributed by atoms with Gasteiger partial charge in [-0.2, -0.15) is 0 Å². The first-order valence-corrected chi connectivity index (χ1v) is 14.3. The second-order valence-corrected chi connectivity index (χ2v) is 10.9. The van der Waals surface area contributed by atoms with Gasteiger partial charge in [-0.15, -0.1) is 0 Å². The highest BCUT2D eigenvalue weighted by molar-refractivity contribution is 6.03. The quantitative estimate of drug-likeness (QED) is 0.214. The van der Waals surface area contributed by atoms with Gasteiger partial charge in [0.15, 0.2) is 0 Å². The number of aryl methyl sites for hydroxylation is 1. The zero-order valence-electron chi connectivity index (χ0n) is 25.8. The molecule has 1 aliphatic carbocycles. The molecule has 0 saturated carbocycles. The summed E-state index contributed by atoms with van der Waals surface area (Å²) in [5, 5.41) is 0. The first-order chi connectivity index (χ1) is 22.0. The van der Waals surface area contributed by atoms with Gasteiger partial charge in [0.05, 0.1) is 22.1 Å². The number of fused-ring (bicyclic) bond motifs is 13. The number of rotatable bonds is 2. The molecule has 2 aromatic heterocycles. The lowest BCUT2D eigenvalue weighted by atomic mass is 9.81. The Bertz CT molecular complexity index is 2460. The summed E-state index contributed by atoms with van der Waals surface area (Å²) in [6.45, 7) is -2.09. The van der Waals surface area contributed by atoms with Crippen molar-refractivity contribution in [2.45, 2.75) is 13.3 Å². The normalized spacial score (nSPS) is 13.4. The van der Waals surface area contributed by atoms with Gasteiger partial charge >= 0.3 is 0 Å². The Morgan fingerprint density at radius 1 is 0.524 bits per heavy atom. The maximum atomic E-state index is 7.92. The second kappa shape index (κ2) is 8.79. The molecule has 198 valence electrons. The predicted molar refractivity (Wildman–Crippen MR) is 174 cm³/mol. The van der Waals surface area contributed by atoms with Crippen LogP contribution in [0.5, 0.6) is 0 Å². The highest BCUT2D eigenvalue weighted by Gasteiger charge is 2.23. The van der Waals surface area contributed by atoms with Gasteiger partial charge in [0.2, 0.25) is 5.78 Å². The predicted octanol–water partition coefficient (Wildman–Crippen LogP) is 9.98. The van der Waals surface area contributed by atoms with Crippen molar-refractivity contribution in [1.82, 2.24) is 14.0 Å². The molecule has 1 aliphatic rings. The molecule has 0 spiro atoms. The fourth-order valence-electron chi connectivity index (χ4n) is 6.87. The number of para-hydroxylation sites is 3. The van der Waals surface area contributed by atoms with Crippen molar-refractivity contribution >= 4 is 27.8 Å². The number of benzene rings is 6. The zero-order chi connectivity index (χ0) is 30.3. The molecule has 0 aliphatic heterocycles. The molecule has 0 amide bonds. The first-order valence-electron chi connectivity index (χ1n) is 15.8. The van der Waals surface area contributed by atoms with Crippen LogP contribution in [0.1, 0.15) is 16.5 Å². The average Bonchev–Trinajstić information content (AvgIpc) is 3.59. The summed E-state index contributed by atoms with van der Waals surface area (Å²) in [5.41, 5.74) is 15.0. The third kappa shape index (κ3) is 3.13. The summed E-state index contributed by atoms with van der Waals surface area (Å²) in [6.07, 6.45) is -0.0288. The van der Waals surface area contributed by atoms with Gasteiger partial charge in [0.25, 0.3) is 0 Å². The number of aromatic nitrogens is 3. The van der Waals surface area contributed by atoms with Crippen molar-refractivity contribution < 1.29 is 4.11 Å². The Morgan fingerprint density at radius 3 is 1.67 bits per heavy atom. The largest absolute Gasteiger partial charge is 0.278 e. The van der Waals surface area contributed by atoms with E-state index in [1.165, 1.54) is 38.9 Å². The molecule has 3 nitrogen and oxygen atoms in total. The molecule has 0 atom stereocenters. The first kappa shape index (κ1) is 20.5. The van der Waals surface area contributed by atoms with Crippen molar-refractivity contribution in [2.75, 3.05) is 0 Å². The molecule has 9 rings (SSSR count). The van der Waals surface area contributed by atoms with E-state index in [2.05, 4.69) is 118 Å². The molecule has 0 saturated heterocycles. The Kier molecular flexibility index (Phi) is 4.28. The van der Waals surface area contributed by atoms with Gasteiger partial charge in [-0.1, -0.05) is 110 Å². The highest BCUT2D eigenvalue weighted by Crippen LogP contribution is 2.48. The fourth-order valence-corrected chi connectivity index (χ4v) is 6.87. The molecular formula is C39H27N3. The van der Waals surface area contributed by atoms with Gasteiger partial charge < -0.3 is 0 Å². The third-order valence-electron chi connectivity index (χ3n) is 8.71. The van der Waals surface area contributed by atoms with Crippen LogP contribution in [0.3, 0.4) is 0 Å². The molecule has 6 aromatic carbocycles. The summed E-state index contributed by atoms with van der Waals surface area (Å²) in [4.78, 5) is 5.14. The lowest BCUT2D eigenvalue weighted by molar-refractivity contribution is 1.11. The minimum Gasteiger partial charge on any atom is -0.278 e. The van der Waals surface area contributed by atoms with Crippen molar-refractivity contribution in [3.8, 4) is 50.2 Å². The fraction of sp³-hybridized carbons (Fsp3) is 0.0513. The second-order valence-electron chi connectivity index (χ2n) is 10.9. The van der Waals surface area contributed by atoms with E-state index in [9.17, 15) is 0 Å². The Hall–Kier alpha value is -5.41. The van der Waals surface area contributed by atoms with Gasteiger partial charge in [-0.05, 0) is 86.8 Å². The monoisotopic (exact) mass is 540 g/mol. The van der Waals surface area contributed by atoms with E-state index >= 15 is 0 Å². The van der Waals surface area contributed by atoms with Crippen molar-refractivity contribution in [3.63, 3.8) is 0 Å². The number of hydrogen-bond donors (Lipinski definition) is 0. The van der Waals surface area contributed by atoms with Gasteiger partial charge in [-0.3, -0.25) is 8.97 Å². The van der Waals surface area contributed by atoms with Crippen LogP contribution >= 0.6 is 0 Å². The van der Waals surface area contributed by atoms with E-state index in [4.69, 9.17) is 9.10 Å². The molecule has 8 aromatic rings. The topological polar surface area (TPSA) is 22.2 Å². The van der Waals surface area contributed by atoms with Crippen LogP contribution in [0.25, 0.3) is 78.0 Å². The minimum absolute atomic E-state index is 0.0288. The molecule has 0 bridgehead atoms. The van der Waals surface area contributed by atoms with Crippen molar-refractivity contribution in [3.05, 3.63) is 139 Å². The smallest absolute Gasteiger partial charge is 0.220 e. The summed E-state index contributed by atoms with van der Waals surface area (Å²) < 4.78 is 28.1. The molecule has 0 N–H and O–H groups in total. The maximum absolute atomic E-state index is 7.92. The number of imidazole rings is 2. The highest BCUT2D eigenvalue weighted by atomic mass is 15.2. The van der Waals surface area contributed by atoms with E-state index in [1.807, 2.05) is 24.3 Å². The Labute approximate surface area is 248 Å². The molecule has 3 heteroatoms. The molecule has 0 unspecified atom stereocenters. The van der Waals surface area contributed by atoms with E-state index in [0.29, 0.717) is 0 Å². The van der Waals surface area contributed by atoms with Crippen LogP contribution in [-0.2, 0) is 6.42 Å². The molecule has 0 radical (unpaired) electrons. The van der Waals surface area contributed by atoms with E-state index in [0.717, 1.165) is 44.7 Å². The van der Waals surface area contributed by atoms with Crippen molar-refractivity contribution in [1.29, 1.82) is 0 Å². The Morgan fingerprint density at radius 2 is 1.05 bits per heavy atom. The third-order valence-corrected chi connectivity index (χ3v) is 8.71. The molecule has 2 heterocycles. The zero-order valence-corrected chi connectivity index (χ0v) is 22.8. The van der Waals surface area contributed by atoms with Crippen LogP contribution in [0, 0.1) is 0 Å². The van der Waals surface area contributed by atoms with Gasteiger partial charge in [0.1, 0.15) is 0 Å². The van der Waals surface area contributed by atoms with Crippen molar-refractivity contribution in [2.24, 2.45) is 0 Å². The van der Waals surface area contributed by atoms with Gasteiger partial charge in [0, 0.05) is 9.80 Å². The minimum atomic E-state index is -2.09. The van der Waals surface area contributed by atoms with Gasteiger partial charge in [-0.25, -0.2) is 4.98 Å².